The molecular formula is C19H28N4O4S. The van der Waals surface area contributed by atoms with Crippen LogP contribution in [0.25, 0.3) is 0 Å². The van der Waals surface area contributed by atoms with Crippen molar-refractivity contribution < 1.29 is 18.0 Å². The fourth-order valence-corrected chi connectivity index (χ4v) is 4.16. The summed E-state index contributed by atoms with van der Waals surface area (Å²) in [5, 5.41) is 8.72. The second-order valence-corrected chi connectivity index (χ2v) is 9.64. The van der Waals surface area contributed by atoms with Crippen LogP contribution in [-0.2, 0) is 14.8 Å². The largest absolute Gasteiger partial charge is 0.335 e. The molecule has 154 valence electrons. The molecule has 1 heterocycles. The summed E-state index contributed by atoms with van der Waals surface area (Å²) in [5.41, 5.74) is 1.70. The summed E-state index contributed by atoms with van der Waals surface area (Å²) >= 11 is 0. The molecule has 28 heavy (non-hydrogen) atoms. The van der Waals surface area contributed by atoms with Crippen LogP contribution in [-0.4, -0.2) is 50.0 Å². The van der Waals surface area contributed by atoms with Crippen LogP contribution in [0.5, 0.6) is 0 Å². The minimum Gasteiger partial charge on any atom is -0.335 e. The summed E-state index contributed by atoms with van der Waals surface area (Å²) in [4.78, 5) is 24.0. The van der Waals surface area contributed by atoms with Crippen molar-refractivity contribution in [3.05, 3.63) is 29.8 Å². The van der Waals surface area contributed by atoms with Gasteiger partial charge in [0.1, 0.15) is 0 Å². The Morgan fingerprint density at radius 2 is 1.68 bits per heavy atom. The van der Waals surface area contributed by atoms with Gasteiger partial charge in [-0.05, 0) is 50.3 Å². The number of hydrogen-bond acceptors (Lipinski definition) is 4. The number of rotatable bonds is 6. The molecule has 1 saturated heterocycles. The van der Waals surface area contributed by atoms with Crippen LogP contribution < -0.4 is 16.0 Å². The monoisotopic (exact) mass is 408 g/mol. The minimum absolute atomic E-state index is 0.0368. The quantitative estimate of drug-likeness (QED) is 0.667. The first-order valence-electron chi connectivity index (χ1n) is 9.65. The van der Waals surface area contributed by atoms with Gasteiger partial charge in [-0.2, -0.15) is 0 Å². The lowest BCUT2D eigenvalue weighted by Crippen LogP contribution is -2.49. The van der Waals surface area contributed by atoms with Crippen LogP contribution >= 0.6 is 0 Å². The standard InChI is InChI=1S/C19H28N4O4S/c1-13(14-5-7-16(8-6-14)21-18(24)15-3-4-15)20-19(25)22-17-9-11-23(12-10-17)28(2,26)27/h5-8,13,15,17H,3-4,9-12H2,1-2H3,(H,21,24)(H2,20,22,25)/t13-/m1/s1. The first-order valence-corrected chi connectivity index (χ1v) is 11.5. The SMILES string of the molecule is C[C@@H](NC(=O)NC1CCN(S(C)(=O)=O)CC1)c1ccc(NC(=O)C2CC2)cc1. The number of amides is 3. The van der Waals surface area contributed by atoms with Gasteiger partial charge in [-0.25, -0.2) is 17.5 Å². The van der Waals surface area contributed by atoms with Gasteiger partial charge >= 0.3 is 6.03 Å². The Kier molecular flexibility index (Phi) is 6.24. The molecule has 3 rings (SSSR count). The van der Waals surface area contributed by atoms with E-state index in [0.29, 0.717) is 25.9 Å². The maximum absolute atomic E-state index is 12.3. The number of anilines is 1. The lowest BCUT2D eigenvalue weighted by Gasteiger charge is -2.31. The highest BCUT2D eigenvalue weighted by Crippen LogP contribution is 2.30. The summed E-state index contributed by atoms with van der Waals surface area (Å²) in [6, 6.07) is 6.96. The summed E-state index contributed by atoms with van der Waals surface area (Å²) in [6.45, 7) is 2.74. The second-order valence-electron chi connectivity index (χ2n) is 7.66. The molecule has 1 aromatic carbocycles. The Hall–Kier alpha value is -2.13. The van der Waals surface area contributed by atoms with Crippen LogP contribution in [0, 0.1) is 5.92 Å². The average Bonchev–Trinajstić information content (AvgIpc) is 3.47. The first kappa shape index (κ1) is 20.6. The molecule has 2 fully saturated rings. The van der Waals surface area contributed by atoms with Gasteiger partial charge in [-0.3, -0.25) is 4.79 Å². The predicted octanol–water partition coefficient (Wildman–Crippen LogP) is 1.82. The number of nitrogens with one attached hydrogen (secondary N) is 3. The lowest BCUT2D eigenvalue weighted by molar-refractivity contribution is -0.117. The summed E-state index contributed by atoms with van der Waals surface area (Å²) in [7, 11) is -3.17. The van der Waals surface area contributed by atoms with E-state index >= 15 is 0 Å². The maximum Gasteiger partial charge on any atom is 0.315 e. The molecular weight excluding hydrogens is 380 g/mol. The molecule has 1 aliphatic carbocycles. The Labute approximate surface area is 166 Å². The molecule has 0 bridgehead atoms. The van der Waals surface area contributed by atoms with Crippen molar-refractivity contribution in [2.75, 3.05) is 24.7 Å². The van der Waals surface area contributed by atoms with Crippen LogP contribution in [0.15, 0.2) is 24.3 Å². The normalized spacial score (nSPS) is 19.6. The molecule has 3 N–H and O–H groups in total. The molecule has 1 aromatic rings. The van der Waals surface area contributed by atoms with Crippen molar-refractivity contribution in [2.45, 2.75) is 44.7 Å². The number of hydrogen-bond donors (Lipinski definition) is 3. The Morgan fingerprint density at radius 1 is 1.07 bits per heavy atom. The van der Waals surface area contributed by atoms with Crippen molar-refractivity contribution in [2.24, 2.45) is 5.92 Å². The van der Waals surface area contributed by atoms with Gasteiger partial charge in [-0.15, -0.1) is 0 Å². The van der Waals surface area contributed by atoms with Gasteiger partial charge in [-0.1, -0.05) is 12.1 Å². The van der Waals surface area contributed by atoms with E-state index in [0.717, 1.165) is 24.1 Å². The van der Waals surface area contributed by atoms with Gasteiger partial charge in [0.25, 0.3) is 0 Å². The van der Waals surface area contributed by atoms with Gasteiger partial charge in [0, 0.05) is 30.7 Å². The molecule has 1 aliphatic heterocycles. The minimum atomic E-state index is -3.17. The zero-order valence-corrected chi connectivity index (χ0v) is 17.1. The first-order chi connectivity index (χ1) is 13.2. The fourth-order valence-electron chi connectivity index (χ4n) is 3.28. The number of carbonyl (C=O) groups is 2. The maximum atomic E-state index is 12.3. The average molecular weight is 409 g/mol. The van der Waals surface area contributed by atoms with Crippen LogP contribution in [0.1, 0.15) is 44.2 Å². The van der Waals surface area contributed by atoms with Crippen molar-refractivity contribution in [1.29, 1.82) is 0 Å². The molecule has 0 radical (unpaired) electrons. The molecule has 0 aromatic heterocycles. The topological polar surface area (TPSA) is 108 Å². The third-order valence-corrected chi connectivity index (χ3v) is 6.54. The zero-order valence-electron chi connectivity index (χ0n) is 16.3. The second kappa shape index (κ2) is 8.48. The van der Waals surface area contributed by atoms with E-state index in [1.807, 2.05) is 31.2 Å². The molecule has 3 amide bonds. The molecule has 0 spiro atoms. The molecule has 1 atom stereocenters. The highest BCUT2D eigenvalue weighted by atomic mass is 32.2. The van der Waals surface area contributed by atoms with Gasteiger partial charge in [0.05, 0.1) is 12.3 Å². The van der Waals surface area contributed by atoms with Crippen molar-refractivity contribution in [3.8, 4) is 0 Å². The Morgan fingerprint density at radius 3 is 2.21 bits per heavy atom. The van der Waals surface area contributed by atoms with E-state index in [4.69, 9.17) is 0 Å². The number of piperidine rings is 1. The van der Waals surface area contributed by atoms with Crippen LogP contribution in [0.3, 0.4) is 0 Å². The van der Waals surface area contributed by atoms with E-state index in [1.54, 1.807) is 0 Å². The molecule has 1 saturated carbocycles. The Balaban J connectivity index is 1.44. The highest BCUT2D eigenvalue weighted by molar-refractivity contribution is 7.88. The molecule has 8 nitrogen and oxygen atoms in total. The molecule has 2 aliphatic rings. The lowest BCUT2D eigenvalue weighted by atomic mass is 10.1. The van der Waals surface area contributed by atoms with Crippen LogP contribution in [0.4, 0.5) is 10.5 Å². The summed E-state index contributed by atoms with van der Waals surface area (Å²) in [5.74, 6) is 0.230. The predicted molar refractivity (Wildman–Crippen MR) is 107 cm³/mol. The van der Waals surface area contributed by atoms with Crippen LogP contribution in [0.2, 0.25) is 0 Å². The van der Waals surface area contributed by atoms with E-state index in [-0.39, 0.29) is 29.9 Å². The number of nitrogens with zero attached hydrogens (tertiary/aromatic N) is 1. The van der Waals surface area contributed by atoms with Gasteiger partial charge < -0.3 is 16.0 Å². The van der Waals surface area contributed by atoms with E-state index < -0.39 is 10.0 Å². The number of urea groups is 1. The fraction of sp³-hybridized carbons (Fsp3) is 0.579. The van der Waals surface area contributed by atoms with Crippen molar-refractivity contribution >= 4 is 27.6 Å². The van der Waals surface area contributed by atoms with Gasteiger partial charge in [0.2, 0.25) is 15.9 Å². The third-order valence-electron chi connectivity index (χ3n) is 5.23. The van der Waals surface area contributed by atoms with E-state index in [9.17, 15) is 18.0 Å². The zero-order chi connectivity index (χ0) is 20.3. The smallest absolute Gasteiger partial charge is 0.315 e. The Bertz CT molecular complexity index is 813. The summed E-state index contributed by atoms with van der Waals surface area (Å²) < 4.78 is 24.5. The number of benzene rings is 1. The van der Waals surface area contributed by atoms with Gasteiger partial charge in [0.15, 0.2) is 0 Å². The van der Waals surface area contributed by atoms with E-state index in [2.05, 4.69) is 16.0 Å². The molecule has 9 heteroatoms. The number of carbonyl (C=O) groups excluding carboxylic acids is 2. The highest BCUT2D eigenvalue weighted by Gasteiger charge is 2.29. The third kappa shape index (κ3) is 5.68. The summed E-state index contributed by atoms with van der Waals surface area (Å²) in [6.07, 6.45) is 4.34. The van der Waals surface area contributed by atoms with Crippen molar-refractivity contribution in [1.82, 2.24) is 14.9 Å². The van der Waals surface area contributed by atoms with Crippen molar-refractivity contribution in [3.63, 3.8) is 0 Å². The van der Waals surface area contributed by atoms with E-state index in [1.165, 1.54) is 10.6 Å². The molecule has 0 unspecified atom stereocenters. The number of sulfonamides is 1.